The number of H-pyrrole nitrogens is 1. The van der Waals surface area contributed by atoms with Gasteiger partial charge in [-0.05, 0) is 5.92 Å². The van der Waals surface area contributed by atoms with Crippen molar-refractivity contribution in [2.45, 2.75) is 26.3 Å². The van der Waals surface area contributed by atoms with E-state index in [0.29, 0.717) is 18.1 Å². The number of rotatable bonds is 3. The van der Waals surface area contributed by atoms with Gasteiger partial charge in [0.1, 0.15) is 11.0 Å². The summed E-state index contributed by atoms with van der Waals surface area (Å²) in [6.07, 6.45) is 0.0555. The Bertz CT molecular complexity index is 536. The number of amides is 2. The van der Waals surface area contributed by atoms with Crippen molar-refractivity contribution in [2.24, 2.45) is 5.92 Å². The molecule has 0 radical (unpaired) electrons. The second-order valence-electron chi connectivity index (χ2n) is 4.75. The van der Waals surface area contributed by atoms with Crippen LogP contribution in [0, 0.1) is 5.92 Å². The second-order valence-corrected chi connectivity index (χ2v) is 5.80. The molecule has 1 saturated heterocycles. The highest BCUT2D eigenvalue weighted by Crippen LogP contribution is 2.15. The Balaban J connectivity index is 2.12. The van der Waals surface area contributed by atoms with Crippen LogP contribution in [0.5, 0.6) is 0 Å². The molecule has 104 valence electrons. The summed E-state index contributed by atoms with van der Waals surface area (Å²) in [5.41, 5.74) is 0. The molecule has 0 aromatic carbocycles. The summed E-state index contributed by atoms with van der Waals surface area (Å²) >= 11 is 0.920. The van der Waals surface area contributed by atoms with E-state index in [2.05, 4.69) is 15.5 Å². The molecule has 1 aliphatic heterocycles. The molecule has 8 heteroatoms. The van der Waals surface area contributed by atoms with Crippen molar-refractivity contribution < 1.29 is 9.59 Å². The zero-order valence-corrected chi connectivity index (χ0v) is 11.6. The van der Waals surface area contributed by atoms with Crippen molar-refractivity contribution >= 4 is 23.2 Å². The maximum atomic E-state index is 12.2. The third kappa shape index (κ3) is 3.01. The predicted molar refractivity (Wildman–Crippen MR) is 69.8 cm³/mol. The lowest BCUT2D eigenvalue weighted by molar-refractivity contribution is -0.144. The number of hydrogen-bond acceptors (Lipinski definition) is 5. The molecule has 1 aliphatic rings. The van der Waals surface area contributed by atoms with Gasteiger partial charge in [0, 0.05) is 13.1 Å². The van der Waals surface area contributed by atoms with Gasteiger partial charge in [-0.15, -0.1) is 0 Å². The molecular weight excluding hydrogens is 268 g/mol. The van der Waals surface area contributed by atoms with E-state index in [1.165, 1.54) is 0 Å². The summed E-state index contributed by atoms with van der Waals surface area (Å²) in [5.74, 6) is -0.247. The number of nitrogens with one attached hydrogen (secondary N) is 2. The lowest BCUT2D eigenvalue weighted by atomic mass is 9.99. The Hall–Kier alpha value is -1.70. The maximum Gasteiger partial charge on any atom is 0.322 e. The van der Waals surface area contributed by atoms with E-state index in [4.69, 9.17) is 0 Å². The fourth-order valence-electron chi connectivity index (χ4n) is 2.19. The van der Waals surface area contributed by atoms with Gasteiger partial charge in [0.15, 0.2) is 0 Å². The molecule has 1 unspecified atom stereocenters. The second kappa shape index (κ2) is 5.52. The van der Waals surface area contributed by atoms with Gasteiger partial charge in [0.05, 0.1) is 6.42 Å². The maximum absolute atomic E-state index is 12.2. The minimum atomic E-state index is -0.447. The number of aromatic amines is 1. The number of carbonyl (C=O) groups excluding carboxylic acids is 2. The number of hydrogen-bond donors (Lipinski definition) is 2. The van der Waals surface area contributed by atoms with E-state index >= 15 is 0 Å². The minimum Gasteiger partial charge on any atom is -0.353 e. The van der Waals surface area contributed by atoms with Crippen LogP contribution in [0.3, 0.4) is 0 Å². The topological polar surface area (TPSA) is 95.2 Å². The van der Waals surface area contributed by atoms with Crippen LogP contribution >= 0.6 is 11.3 Å². The molecule has 19 heavy (non-hydrogen) atoms. The molecule has 1 atom stereocenters. The summed E-state index contributed by atoms with van der Waals surface area (Å²) in [5, 5.41) is 9.27. The van der Waals surface area contributed by atoms with E-state index in [9.17, 15) is 14.4 Å². The van der Waals surface area contributed by atoms with Crippen LogP contribution < -0.4 is 10.2 Å². The summed E-state index contributed by atoms with van der Waals surface area (Å²) in [4.78, 5) is 36.4. The molecule has 1 aromatic rings. The molecule has 0 saturated carbocycles. The van der Waals surface area contributed by atoms with Gasteiger partial charge in [-0.3, -0.25) is 14.4 Å². The number of aromatic nitrogens is 2. The highest BCUT2D eigenvalue weighted by molar-refractivity contribution is 7.08. The summed E-state index contributed by atoms with van der Waals surface area (Å²) in [6, 6.07) is -0.447. The van der Waals surface area contributed by atoms with E-state index in [1.54, 1.807) is 4.90 Å². The third-order valence-electron chi connectivity index (χ3n) is 2.99. The Morgan fingerprint density at radius 3 is 2.84 bits per heavy atom. The molecule has 7 nitrogen and oxygen atoms in total. The van der Waals surface area contributed by atoms with Crippen LogP contribution in [0.15, 0.2) is 4.79 Å². The molecular formula is C11H16N4O3S. The largest absolute Gasteiger partial charge is 0.353 e. The average molecular weight is 284 g/mol. The van der Waals surface area contributed by atoms with Gasteiger partial charge < -0.3 is 10.2 Å². The van der Waals surface area contributed by atoms with Crippen LogP contribution in [0.2, 0.25) is 0 Å². The van der Waals surface area contributed by atoms with Gasteiger partial charge in [-0.1, -0.05) is 25.2 Å². The van der Waals surface area contributed by atoms with Crippen LogP contribution in [-0.2, 0) is 16.0 Å². The van der Waals surface area contributed by atoms with Crippen molar-refractivity contribution in [3.63, 3.8) is 0 Å². The number of carbonyl (C=O) groups is 2. The SMILES string of the molecule is CC(C)C1C(=O)NCCN1C(=O)Cc1n[nH]c(=O)s1. The number of piperazine rings is 1. The van der Waals surface area contributed by atoms with Crippen molar-refractivity contribution in [1.29, 1.82) is 0 Å². The Labute approximate surface area is 114 Å². The fourth-order valence-corrected chi connectivity index (χ4v) is 2.79. The van der Waals surface area contributed by atoms with Gasteiger partial charge in [-0.2, -0.15) is 5.10 Å². The van der Waals surface area contributed by atoms with Crippen molar-refractivity contribution in [1.82, 2.24) is 20.4 Å². The van der Waals surface area contributed by atoms with Crippen LogP contribution in [0.1, 0.15) is 18.9 Å². The zero-order valence-electron chi connectivity index (χ0n) is 10.8. The summed E-state index contributed by atoms with van der Waals surface area (Å²) in [7, 11) is 0. The van der Waals surface area contributed by atoms with Crippen molar-refractivity contribution in [3.8, 4) is 0 Å². The zero-order chi connectivity index (χ0) is 14.0. The standard InChI is InChI=1S/C11H16N4O3S/c1-6(2)9-10(17)12-3-4-15(9)8(16)5-7-13-14-11(18)19-7/h6,9H,3-5H2,1-2H3,(H,12,17)(H,14,18). The normalized spacial score (nSPS) is 19.6. The van der Waals surface area contributed by atoms with Crippen LogP contribution in [0.25, 0.3) is 0 Å². The predicted octanol–water partition coefficient (Wildman–Crippen LogP) is -0.643. The van der Waals surface area contributed by atoms with Crippen molar-refractivity contribution in [2.75, 3.05) is 13.1 Å². The quantitative estimate of drug-likeness (QED) is 0.771. The molecule has 2 N–H and O–H groups in total. The molecule has 0 spiro atoms. The summed E-state index contributed by atoms with van der Waals surface area (Å²) in [6.45, 7) is 4.77. The Kier molecular flexibility index (Phi) is 3.98. The summed E-state index contributed by atoms with van der Waals surface area (Å²) < 4.78 is 0. The monoisotopic (exact) mass is 284 g/mol. The average Bonchev–Trinajstić information content (AvgIpc) is 2.73. The molecule has 0 aliphatic carbocycles. The number of nitrogens with zero attached hydrogens (tertiary/aromatic N) is 2. The first-order valence-corrected chi connectivity index (χ1v) is 6.92. The molecule has 1 aromatic heterocycles. The minimum absolute atomic E-state index is 0.0437. The molecule has 2 amide bonds. The first-order chi connectivity index (χ1) is 8.99. The van der Waals surface area contributed by atoms with Gasteiger partial charge >= 0.3 is 4.87 Å². The van der Waals surface area contributed by atoms with E-state index in [0.717, 1.165) is 11.3 Å². The van der Waals surface area contributed by atoms with E-state index in [-0.39, 0.29) is 29.0 Å². The first-order valence-electron chi connectivity index (χ1n) is 6.10. The van der Waals surface area contributed by atoms with E-state index in [1.807, 2.05) is 13.8 Å². The Morgan fingerprint density at radius 1 is 1.53 bits per heavy atom. The highest BCUT2D eigenvalue weighted by atomic mass is 32.1. The lowest BCUT2D eigenvalue weighted by Gasteiger charge is -2.37. The van der Waals surface area contributed by atoms with Gasteiger partial charge in [0.25, 0.3) is 0 Å². The first kappa shape index (κ1) is 13.7. The fraction of sp³-hybridized carbons (Fsp3) is 0.636. The van der Waals surface area contributed by atoms with Gasteiger partial charge in [0.2, 0.25) is 11.8 Å². The van der Waals surface area contributed by atoms with Crippen molar-refractivity contribution in [3.05, 3.63) is 14.7 Å². The third-order valence-corrected chi connectivity index (χ3v) is 3.74. The van der Waals surface area contributed by atoms with Crippen LogP contribution in [0.4, 0.5) is 0 Å². The highest BCUT2D eigenvalue weighted by Gasteiger charge is 2.35. The molecule has 1 fully saturated rings. The Morgan fingerprint density at radius 2 is 2.26 bits per heavy atom. The molecule has 2 rings (SSSR count). The van der Waals surface area contributed by atoms with Crippen LogP contribution in [-0.4, -0.2) is 46.0 Å². The molecule has 2 heterocycles. The van der Waals surface area contributed by atoms with E-state index < -0.39 is 6.04 Å². The molecule has 0 bridgehead atoms. The van der Waals surface area contributed by atoms with Gasteiger partial charge in [-0.25, -0.2) is 5.10 Å². The lowest BCUT2D eigenvalue weighted by Crippen LogP contribution is -2.59. The smallest absolute Gasteiger partial charge is 0.322 e.